The van der Waals surface area contributed by atoms with Crippen LogP contribution in [0.25, 0.3) is 16.7 Å². The molecule has 0 aliphatic rings. The SMILES string of the molecule is CCOC(=O)c1ccn(-c2ccc3ccccc3n2)c1C. The standard InChI is InChI=1S/C17H16N2O2/c1-3-21-17(20)14-10-11-19(12(14)2)16-9-8-13-6-4-5-7-15(13)18-16/h4-11H,3H2,1-2H3. The number of aromatic nitrogens is 2. The van der Waals surface area contributed by atoms with Crippen molar-refractivity contribution in [3.05, 3.63) is 59.9 Å². The van der Waals surface area contributed by atoms with E-state index in [9.17, 15) is 4.79 Å². The van der Waals surface area contributed by atoms with Crippen molar-refractivity contribution in [1.82, 2.24) is 9.55 Å². The van der Waals surface area contributed by atoms with Crippen LogP contribution in [0.1, 0.15) is 23.0 Å². The van der Waals surface area contributed by atoms with Crippen LogP contribution in [-0.4, -0.2) is 22.1 Å². The first-order valence-electron chi connectivity index (χ1n) is 6.92. The Bertz CT molecular complexity index is 805. The highest BCUT2D eigenvalue weighted by molar-refractivity contribution is 5.91. The van der Waals surface area contributed by atoms with E-state index in [1.54, 1.807) is 13.0 Å². The number of para-hydroxylation sites is 1. The lowest BCUT2D eigenvalue weighted by Crippen LogP contribution is -2.07. The van der Waals surface area contributed by atoms with Crippen molar-refractivity contribution in [2.24, 2.45) is 0 Å². The summed E-state index contributed by atoms with van der Waals surface area (Å²) in [7, 11) is 0. The monoisotopic (exact) mass is 280 g/mol. The number of hydrogen-bond donors (Lipinski definition) is 0. The number of nitrogens with zero attached hydrogens (tertiary/aromatic N) is 2. The van der Waals surface area contributed by atoms with Gasteiger partial charge in [-0.05, 0) is 38.1 Å². The van der Waals surface area contributed by atoms with Crippen molar-refractivity contribution >= 4 is 16.9 Å². The molecule has 21 heavy (non-hydrogen) atoms. The molecule has 3 aromatic rings. The van der Waals surface area contributed by atoms with Gasteiger partial charge in [0.25, 0.3) is 0 Å². The predicted octanol–water partition coefficient (Wildman–Crippen LogP) is 3.51. The maximum absolute atomic E-state index is 11.9. The summed E-state index contributed by atoms with van der Waals surface area (Å²) in [6.07, 6.45) is 1.85. The Morgan fingerprint density at radius 2 is 2.00 bits per heavy atom. The van der Waals surface area contributed by atoms with E-state index in [1.165, 1.54) is 0 Å². The Balaban J connectivity index is 2.04. The molecule has 0 atom stereocenters. The first kappa shape index (κ1) is 13.4. The van der Waals surface area contributed by atoms with Crippen LogP contribution in [0.4, 0.5) is 0 Å². The molecule has 0 unspecified atom stereocenters. The maximum Gasteiger partial charge on any atom is 0.339 e. The third-order valence-electron chi connectivity index (χ3n) is 3.47. The first-order valence-corrected chi connectivity index (χ1v) is 6.92. The number of pyridine rings is 1. The van der Waals surface area contributed by atoms with Crippen molar-refractivity contribution in [3.8, 4) is 5.82 Å². The minimum atomic E-state index is -0.297. The fourth-order valence-electron chi connectivity index (χ4n) is 2.37. The van der Waals surface area contributed by atoms with Gasteiger partial charge in [-0.1, -0.05) is 18.2 Å². The number of rotatable bonds is 3. The largest absolute Gasteiger partial charge is 0.462 e. The van der Waals surface area contributed by atoms with Crippen LogP contribution in [0, 0.1) is 6.92 Å². The van der Waals surface area contributed by atoms with Crippen LogP contribution in [0.5, 0.6) is 0 Å². The molecule has 1 aromatic carbocycles. The molecule has 0 amide bonds. The second-order valence-corrected chi connectivity index (χ2v) is 4.77. The van der Waals surface area contributed by atoms with Crippen LogP contribution in [0.3, 0.4) is 0 Å². The molecule has 2 heterocycles. The lowest BCUT2D eigenvalue weighted by molar-refractivity contribution is 0.0525. The van der Waals surface area contributed by atoms with Crippen molar-refractivity contribution < 1.29 is 9.53 Å². The van der Waals surface area contributed by atoms with Crippen LogP contribution in [0.2, 0.25) is 0 Å². The molecule has 0 aliphatic carbocycles. The van der Waals surface area contributed by atoms with Crippen molar-refractivity contribution in [2.75, 3.05) is 6.61 Å². The number of carbonyl (C=O) groups is 1. The summed E-state index contributed by atoms with van der Waals surface area (Å²) in [6.45, 7) is 4.07. The lowest BCUT2D eigenvalue weighted by atomic mass is 10.2. The van der Waals surface area contributed by atoms with Gasteiger partial charge in [0, 0.05) is 17.3 Å². The smallest absolute Gasteiger partial charge is 0.339 e. The van der Waals surface area contributed by atoms with E-state index in [2.05, 4.69) is 4.98 Å². The Morgan fingerprint density at radius 3 is 2.81 bits per heavy atom. The summed E-state index contributed by atoms with van der Waals surface area (Å²) < 4.78 is 6.96. The highest BCUT2D eigenvalue weighted by Crippen LogP contribution is 2.19. The molecule has 0 fully saturated rings. The normalized spacial score (nSPS) is 10.8. The zero-order valence-electron chi connectivity index (χ0n) is 12.0. The van der Waals surface area contributed by atoms with Crippen molar-refractivity contribution in [2.45, 2.75) is 13.8 Å². The molecule has 0 saturated carbocycles. The topological polar surface area (TPSA) is 44.1 Å². The Kier molecular flexibility index (Phi) is 3.44. The van der Waals surface area contributed by atoms with Crippen LogP contribution in [-0.2, 0) is 4.74 Å². The van der Waals surface area contributed by atoms with E-state index in [1.807, 2.05) is 54.1 Å². The zero-order chi connectivity index (χ0) is 14.8. The van der Waals surface area contributed by atoms with E-state index < -0.39 is 0 Å². The highest BCUT2D eigenvalue weighted by Gasteiger charge is 2.15. The molecule has 106 valence electrons. The van der Waals surface area contributed by atoms with Gasteiger partial charge < -0.3 is 9.30 Å². The van der Waals surface area contributed by atoms with Gasteiger partial charge in [-0.25, -0.2) is 9.78 Å². The lowest BCUT2D eigenvalue weighted by Gasteiger charge is -2.08. The molecule has 0 bridgehead atoms. The summed E-state index contributed by atoms with van der Waals surface area (Å²) in [5.74, 6) is 0.497. The van der Waals surface area contributed by atoms with Crippen LogP contribution in [0.15, 0.2) is 48.7 Å². The number of carbonyl (C=O) groups excluding carboxylic acids is 1. The summed E-state index contributed by atoms with van der Waals surface area (Å²) in [5, 5.41) is 1.09. The van der Waals surface area contributed by atoms with E-state index >= 15 is 0 Å². The summed E-state index contributed by atoms with van der Waals surface area (Å²) >= 11 is 0. The molecule has 3 rings (SSSR count). The molecular weight excluding hydrogens is 264 g/mol. The molecule has 0 saturated heterocycles. The van der Waals surface area contributed by atoms with Crippen molar-refractivity contribution in [3.63, 3.8) is 0 Å². The Labute approximate surface area is 123 Å². The second-order valence-electron chi connectivity index (χ2n) is 4.77. The fourth-order valence-corrected chi connectivity index (χ4v) is 2.37. The number of fused-ring (bicyclic) bond motifs is 1. The van der Waals surface area contributed by atoms with Crippen LogP contribution >= 0.6 is 0 Å². The average molecular weight is 280 g/mol. The molecule has 2 aromatic heterocycles. The Morgan fingerprint density at radius 1 is 1.19 bits per heavy atom. The average Bonchev–Trinajstić information content (AvgIpc) is 2.89. The van der Waals surface area contributed by atoms with Gasteiger partial charge in [-0.2, -0.15) is 0 Å². The molecule has 0 radical (unpaired) electrons. The Hall–Kier alpha value is -2.62. The number of ether oxygens (including phenoxy) is 1. The van der Waals surface area contributed by atoms with Gasteiger partial charge in [-0.3, -0.25) is 0 Å². The molecule has 4 heteroatoms. The quantitative estimate of drug-likeness (QED) is 0.690. The third-order valence-corrected chi connectivity index (χ3v) is 3.47. The molecule has 0 N–H and O–H groups in total. The number of esters is 1. The summed E-state index contributed by atoms with van der Waals surface area (Å²) in [4.78, 5) is 16.5. The summed E-state index contributed by atoms with van der Waals surface area (Å²) in [6, 6.07) is 13.7. The highest BCUT2D eigenvalue weighted by atomic mass is 16.5. The zero-order valence-corrected chi connectivity index (χ0v) is 12.0. The minimum Gasteiger partial charge on any atom is -0.462 e. The first-order chi connectivity index (χ1) is 10.2. The van der Waals surface area contributed by atoms with Gasteiger partial charge in [0.15, 0.2) is 0 Å². The molecule has 4 nitrogen and oxygen atoms in total. The van der Waals surface area contributed by atoms with Gasteiger partial charge in [-0.15, -0.1) is 0 Å². The van der Waals surface area contributed by atoms with E-state index in [0.29, 0.717) is 12.2 Å². The minimum absolute atomic E-state index is 0.297. The number of hydrogen-bond acceptors (Lipinski definition) is 3. The molecule has 0 spiro atoms. The van der Waals surface area contributed by atoms with E-state index in [4.69, 9.17) is 4.74 Å². The fraction of sp³-hybridized carbons (Fsp3) is 0.176. The second kappa shape index (κ2) is 5.40. The third kappa shape index (κ3) is 2.40. The maximum atomic E-state index is 11.9. The van der Waals surface area contributed by atoms with Gasteiger partial charge in [0.1, 0.15) is 5.82 Å². The predicted molar refractivity (Wildman–Crippen MR) is 81.8 cm³/mol. The van der Waals surface area contributed by atoms with Gasteiger partial charge in [0.05, 0.1) is 17.7 Å². The summed E-state index contributed by atoms with van der Waals surface area (Å²) in [5.41, 5.74) is 2.34. The van der Waals surface area contributed by atoms with E-state index in [0.717, 1.165) is 22.4 Å². The van der Waals surface area contributed by atoms with Gasteiger partial charge in [0.2, 0.25) is 0 Å². The molecule has 0 aliphatic heterocycles. The van der Waals surface area contributed by atoms with Crippen LogP contribution < -0.4 is 0 Å². The van der Waals surface area contributed by atoms with Gasteiger partial charge >= 0.3 is 5.97 Å². The van der Waals surface area contributed by atoms with Crippen molar-refractivity contribution in [1.29, 1.82) is 0 Å². The van der Waals surface area contributed by atoms with E-state index in [-0.39, 0.29) is 5.97 Å². The number of benzene rings is 1. The molecular formula is C17H16N2O2.